The summed E-state index contributed by atoms with van der Waals surface area (Å²) in [6.45, 7) is 2.14. The molecule has 2 N–H and O–H groups in total. The third kappa shape index (κ3) is 2.47. The van der Waals surface area contributed by atoms with Crippen LogP contribution < -0.4 is 5.73 Å². The zero-order valence-electron chi connectivity index (χ0n) is 11.0. The average molecular weight is 316 g/mol. The van der Waals surface area contributed by atoms with Crippen LogP contribution in [-0.2, 0) is 0 Å². The maximum Gasteiger partial charge on any atom is 0.0332 e. The van der Waals surface area contributed by atoms with E-state index in [1.807, 2.05) is 0 Å². The van der Waals surface area contributed by atoms with Crippen molar-refractivity contribution in [3.63, 3.8) is 0 Å². The van der Waals surface area contributed by atoms with E-state index in [4.69, 9.17) is 5.73 Å². The number of hydrogen-bond acceptors (Lipinski definition) is 1. The van der Waals surface area contributed by atoms with Crippen LogP contribution in [-0.4, -0.2) is 0 Å². The van der Waals surface area contributed by atoms with Gasteiger partial charge in [0.05, 0.1) is 0 Å². The summed E-state index contributed by atoms with van der Waals surface area (Å²) >= 11 is 3.59. The number of rotatable bonds is 3. The van der Waals surface area contributed by atoms with Gasteiger partial charge in [-0.25, -0.2) is 0 Å². The van der Waals surface area contributed by atoms with Gasteiger partial charge in [-0.3, -0.25) is 0 Å². The first-order valence-corrected chi connectivity index (χ1v) is 7.53. The van der Waals surface area contributed by atoms with Crippen molar-refractivity contribution in [3.8, 4) is 0 Å². The Morgan fingerprint density at radius 3 is 2.58 bits per heavy atom. The van der Waals surface area contributed by atoms with Gasteiger partial charge in [-0.1, -0.05) is 58.4 Å². The van der Waals surface area contributed by atoms with Crippen molar-refractivity contribution in [1.82, 2.24) is 0 Å². The Kier molecular flexibility index (Phi) is 3.46. The van der Waals surface area contributed by atoms with Gasteiger partial charge in [0.2, 0.25) is 0 Å². The molecule has 1 aliphatic carbocycles. The molecule has 0 spiro atoms. The van der Waals surface area contributed by atoms with Gasteiger partial charge in [0.15, 0.2) is 0 Å². The quantitative estimate of drug-likeness (QED) is 0.882. The van der Waals surface area contributed by atoms with Crippen molar-refractivity contribution in [2.45, 2.75) is 25.3 Å². The van der Waals surface area contributed by atoms with Crippen LogP contribution in [0.15, 0.2) is 53.0 Å². The van der Waals surface area contributed by atoms with Crippen LogP contribution in [0.5, 0.6) is 0 Å². The number of halogens is 1. The van der Waals surface area contributed by atoms with Crippen LogP contribution >= 0.6 is 15.9 Å². The van der Waals surface area contributed by atoms with E-state index < -0.39 is 0 Å². The minimum atomic E-state index is 0.141. The Labute approximate surface area is 123 Å². The van der Waals surface area contributed by atoms with E-state index in [1.165, 1.54) is 23.1 Å². The highest BCUT2D eigenvalue weighted by Gasteiger charge is 2.43. The molecule has 0 aromatic heterocycles. The highest BCUT2D eigenvalue weighted by atomic mass is 79.9. The van der Waals surface area contributed by atoms with Gasteiger partial charge in [0, 0.05) is 10.5 Å². The third-order valence-electron chi connectivity index (χ3n) is 4.20. The summed E-state index contributed by atoms with van der Waals surface area (Å²) in [6, 6.07) is 17.2. The van der Waals surface area contributed by atoms with Gasteiger partial charge >= 0.3 is 0 Å². The monoisotopic (exact) mass is 315 g/mol. The van der Waals surface area contributed by atoms with Gasteiger partial charge in [-0.05, 0) is 47.9 Å². The zero-order valence-corrected chi connectivity index (χ0v) is 12.6. The van der Waals surface area contributed by atoms with Crippen molar-refractivity contribution < 1.29 is 0 Å². The molecule has 3 unspecified atom stereocenters. The largest absolute Gasteiger partial charge is 0.324 e. The molecule has 98 valence electrons. The minimum absolute atomic E-state index is 0.141. The maximum atomic E-state index is 6.48. The molecule has 3 atom stereocenters. The first kappa shape index (κ1) is 12.9. The van der Waals surface area contributed by atoms with E-state index in [2.05, 4.69) is 71.4 Å². The Balaban J connectivity index is 1.80. The molecular weight excluding hydrogens is 298 g/mol. The summed E-state index contributed by atoms with van der Waals surface area (Å²) in [5, 5.41) is 0. The first-order chi connectivity index (χ1) is 9.18. The lowest BCUT2D eigenvalue weighted by Gasteiger charge is -2.16. The summed E-state index contributed by atoms with van der Waals surface area (Å²) in [4.78, 5) is 0. The van der Waals surface area contributed by atoms with E-state index in [-0.39, 0.29) is 6.04 Å². The van der Waals surface area contributed by atoms with Gasteiger partial charge < -0.3 is 5.73 Å². The normalized spacial score (nSPS) is 23.1. The summed E-state index contributed by atoms with van der Waals surface area (Å²) in [5.74, 6) is 1.21. The Hall–Kier alpha value is -1.12. The second-order valence-corrected chi connectivity index (χ2v) is 6.25. The second-order valence-electron chi connectivity index (χ2n) is 5.40. The van der Waals surface area contributed by atoms with Crippen molar-refractivity contribution in [2.75, 3.05) is 0 Å². The lowest BCUT2D eigenvalue weighted by atomic mass is 9.96. The standard InChI is InChI=1S/C17H18BrN/c1-11-13(8-5-9-16(11)18)17(19)15-10-14(15)12-6-3-2-4-7-12/h2-9,14-15,17H,10,19H2,1H3. The van der Waals surface area contributed by atoms with Crippen LogP contribution in [0.1, 0.15) is 35.1 Å². The van der Waals surface area contributed by atoms with E-state index in [0.29, 0.717) is 11.8 Å². The van der Waals surface area contributed by atoms with Gasteiger partial charge in [0.1, 0.15) is 0 Å². The minimum Gasteiger partial charge on any atom is -0.324 e. The zero-order chi connectivity index (χ0) is 13.4. The molecule has 2 heteroatoms. The summed E-state index contributed by atoms with van der Waals surface area (Å²) < 4.78 is 1.15. The molecule has 19 heavy (non-hydrogen) atoms. The molecule has 1 fully saturated rings. The predicted molar refractivity (Wildman–Crippen MR) is 83.1 cm³/mol. The molecule has 2 aromatic carbocycles. The van der Waals surface area contributed by atoms with Crippen LogP contribution in [0.4, 0.5) is 0 Å². The molecule has 1 saturated carbocycles. The summed E-state index contributed by atoms with van der Waals surface area (Å²) in [7, 11) is 0. The van der Waals surface area contributed by atoms with E-state index in [9.17, 15) is 0 Å². The molecule has 0 amide bonds. The smallest absolute Gasteiger partial charge is 0.0332 e. The van der Waals surface area contributed by atoms with E-state index in [1.54, 1.807) is 0 Å². The fourth-order valence-corrected chi connectivity index (χ4v) is 3.29. The molecule has 0 saturated heterocycles. The second kappa shape index (κ2) is 5.10. The number of benzene rings is 2. The first-order valence-electron chi connectivity index (χ1n) is 6.74. The third-order valence-corrected chi connectivity index (χ3v) is 5.06. The molecule has 0 heterocycles. The van der Waals surface area contributed by atoms with Gasteiger partial charge in [0.25, 0.3) is 0 Å². The molecule has 2 aromatic rings. The lowest BCUT2D eigenvalue weighted by molar-refractivity contribution is 0.612. The van der Waals surface area contributed by atoms with Crippen molar-refractivity contribution >= 4 is 15.9 Å². The number of hydrogen-bond donors (Lipinski definition) is 1. The number of nitrogens with two attached hydrogens (primary N) is 1. The fourth-order valence-electron chi connectivity index (χ4n) is 2.91. The molecule has 1 aliphatic rings. The Morgan fingerprint density at radius 2 is 1.84 bits per heavy atom. The highest BCUT2D eigenvalue weighted by molar-refractivity contribution is 9.10. The Bertz CT molecular complexity index is 579. The molecular formula is C17H18BrN. The SMILES string of the molecule is Cc1c(Br)cccc1C(N)C1CC1c1ccccc1. The van der Waals surface area contributed by atoms with Gasteiger partial charge in [-0.2, -0.15) is 0 Å². The summed E-state index contributed by atoms with van der Waals surface area (Å²) in [6.07, 6.45) is 1.21. The molecule has 0 bridgehead atoms. The van der Waals surface area contributed by atoms with Crippen molar-refractivity contribution in [2.24, 2.45) is 11.7 Å². The van der Waals surface area contributed by atoms with Crippen LogP contribution in [0.3, 0.4) is 0 Å². The van der Waals surface area contributed by atoms with E-state index in [0.717, 1.165) is 4.47 Å². The maximum absolute atomic E-state index is 6.48. The lowest BCUT2D eigenvalue weighted by Crippen LogP contribution is -2.15. The molecule has 0 aliphatic heterocycles. The Morgan fingerprint density at radius 1 is 1.11 bits per heavy atom. The molecule has 1 nitrogen and oxygen atoms in total. The topological polar surface area (TPSA) is 26.0 Å². The van der Waals surface area contributed by atoms with E-state index >= 15 is 0 Å². The van der Waals surface area contributed by atoms with Crippen LogP contribution in [0, 0.1) is 12.8 Å². The van der Waals surface area contributed by atoms with Gasteiger partial charge in [-0.15, -0.1) is 0 Å². The fraction of sp³-hybridized carbons (Fsp3) is 0.294. The predicted octanol–water partition coefficient (Wildman–Crippen LogP) is 4.56. The highest BCUT2D eigenvalue weighted by Crippen LogP contribution is 2.53. The molecule has 0 radical (unpaired) electrons. The van der Waals surface area contributed by atoms with Crippen LogP contribution in [0.2, 0.25) is 0 Å². The average Bonchev–Trinajstić information content (AvgIpc) is 3.22. The molecule has 3 rings (SSSR count). The van der Waals surface area contributed by atoms with Crippen molar-refractivity contribution in [1.29, 1.82) is 0 Å². The summed E-state index contributed by atoms with van der Waals surface area (Å²) in [5.41, 5.74) is 10.5. The van der Waals surface area contributed by atoms with Crippen LogP contribution in [0.25, 0.3) is 0 Å². The van der Waals surface area contributed by atoms with Crippen molar-refractivity contribution in [3.05, 3.63) is 69.7 Å².